The van der Waals surface area contributed by atoms with Gasteiger partial charge in [0.05, 0.1) is 23.8 Å². The van der Waals surface area contributed by atoms with E-state index in [1.807, 2.05) is 0 Å². The van der Waals surface area contributed by atoms with E-state index in [0.29, 0.717) is 74.6 Å². The zero-order chi connectivity index (χ0) is 79.3. The van der Waals surface area contributed by atoms with Crippen molar-refractivity contribution < 1.29 is 83.0 Å². The number of para-hydroxylation sites is 1. The number of fused-ring (bicyclic) bond motifs is 3. The maximum absolute atomic E-state index is 15.3. The highest BCUT2D eigenvalue weighted by Gasteiger charge is 2.38. The number of benzene rings is 6. The zero-order valence-corrected chi connectivity index (χ0v) is 62.2. The van der Waals surface area contributed by atoms with Crippen LogP contribution in [0, 0.1) is 0 Å². The van der Waals surface area contributed by atoms with E-state index < -0.39 is 137 Å². The second-order valence-electron chi connectivity index (χ2n) is 26.5. The maximum Gasteiger partial charge on any atom is 0.336 e. The third-order valence-electron chi connectivity index (χ3n) is 18.2. The molecule has 1 aromatic heterocycles. The smallest absolute Gasteiger partial charge is 0.336 e. The van der Waals surface area contributed by atoms with Crippen molar-refractivity contribution >= 4 is 126 Å². The van der Waals surface area contributed by atoms with E-state index in [4.69, 9.17) is 28.1 Å². The van der Waals surface area contributed by atoms with Crippen LogP contribution in [0.4, 0.5) is 5.69 Å². The number of aromatic amines is 1. The van der Waals surface area contributed by atoms with Gasteiger partial charge in [0.25, 0.3) is 0 Å². The highest BCUT2D eigenvalue weighted by atomic mass is 33.1. The van der Waals surface area contributed by atoms with E-state index >= 15 is 14.4 Å². The number of aromatic carboxylic acids is 1. The Labute approximate surface area is 643 Å². The minimum Gasteiger partial charge on any atom is -0.508 e. The van der Waals surface area contributed by atoms with Gasteiger partial charge < -0.3 is 105 Å². The van der Waals surface area contributed by atoms with Crippen molar-refractivity contribution in [2.45, 2.75) is 138 Å². The number of phenolic OH excluding ortho intramolecular Hbond substituents is 2. The van der Waals surface area contributed by atoms with Crippen LogP contribution < -0.4 is 70.1 Å². The van der Waals surface area contributed by atoms with Crippen LogP contribution in [-0.4, -0.2) is 191 Å². The van der Waals surface area contributed by atoms with E-state index in [-0.39, 0.29) is 90.6 Å². The fourth-order valence-electron chi connectivity index (χ4n) is 12.3. The van der Waals surface area contributed by atoms with Gasteiger partial charge in [0.1, 0.15) is 65.1 Å². The number of nitrogens with one attached hydrogen (secondary N) is 11. The minimum atomic E-state index is -1.90. The van der Waals surface area contributed by atoms with Gasteiger partial charge in [0, 0.05) is 88.7 Å². The fraction of sp³-hybridized carbons (Fsp3) is 0.342. The number of carboxylic acid groups (broad SMARTS) is 2. The lowest BCUT2D eigenvalue weighted by molar-refractivity contribution is -0.145. The van der Waals surface area contributed by atoms with Gasteiger partial charge >= 0.3 is 11.9 Å². The van der Waals surface area contributed by atoms with Gasteiger partial charge in [0.2, 0.25) is 47.3 Å². The number of thiocarbonyl (C=S) groups is 1. The Bertz CT molecular complexity index is 4680. The van der Waals surface area contributed by atoms with Crippen LogP contribution in [0.5, 0.6) is 11.5 Å². The first-order valence-corrected chi connectivity index (χ1v) is 38.3. The number of phenols is 2. The van der Waals surface area contributed by atoms with Gasteiger partial charge in [-0.2, -0.15) is 0 Å². The normalized spacial score (nSPS) is 19.0. The number of amides is 8. The molecular formula is C76H87N13O18S3. The summed E-state index contributed by atoms with van der Waals surface area (Å²) in [6.07, 6.45) is -0.948. The van der Waals surface area contributed by atoms with Crippen LogP contribution >= 0.6 is 33.8 Å². The molecule has 1 fully saturated rings. The zero-order valence-electron chi connectivity index (χ0n) is 59.8. The minimum absolute atomic E-state index is 0.0785. The summed E-state index contributed by atoms with van der Waals surface area (Å²) in [6.45, 7) is 2.72. The van der Waals surface area contributed by atoms with E-state index in [1.54, 1.807) is 85.1 Å². The Morgan fingerprint density at radius 1 is 0.655 bits per heavy atom. The number of carbonyl (C=O) groups is 10. The first-order valence-electron chi connectivity index (χ1n) is 35.4. The number of nitrogens with two attached hydrogens (primary N) is 2. The summed E-state index contributed by atoms with van der Waals surface area (Å²) in [5.74, 6) is -11.5. The summed E-state index contributed by atoms with van der Waals surface area (Å²) in [5, 5.41) is 90.7. The molecule has 11 atom stereocenters. The first kappa shape index (κ1) is 82.9. The quantitative estimate of drug-likeness (QED) is 0.0152. The van der Waals surface area contributed by atoms with Gasteiger partial charge in [0.15, 0.2) is 16.6 Å². The van der Waals surface area contributed by atoms with Crippen molar-refractivity contribution in [2.24, 2.45) is 11.5 Å². The molecule has 3 aliphatic rings. The maximum atomic E-state index is 15.3. The first-order chi connectivity index (χ1) is 52.6. The summed E-state index contributed by atoms with van der Waals surface area (Å²) in [7, 11) is 1.70. The molecule has 0 unspecified atom stereocenters. The summed E-state index contributed by atoms with van der Waals surface area (Å²) < 4.78 is 5.95. The lowest BCUT2D eigenvalue weighted by atomic mass is 9.90. The highest BCUT2D eigenvalue weighted by Crippen LogP contribution is 2.42. The van der Waals surface area contributed by atoms with Crippen molar-refractivity contribution in [3.8, 4) is 33.9 Å². The summed E-state index contributed by atoms with van der Waals surface area (Å²) in [4.78, 5) is 158. The van der Waals surface area contributed by atoms with Crippen molar-refractivity contribution in [1.82, 2.24) is 52.8 Å². The molecule has 0 spiro atoms. The van der Waals surface area contributed by atoms with Crippen LogP contribution in [0.1, 0.15) is 79.4 Å². The van der Waals surface area contributed by atoms with Crippen LogP contribution in [0.15, 0.2) is 149 Å². The van der Waals surface area contributed by atoms with Gasteiger partial charge in [-0.25, -0.2) is 9.59 Å². The number of aliphatic hydroxyl groups excluding tert-OH is 2. The van der Waals surface area contributed by atoms with Crippen molar-refractivity contribution in [3.05, 3.63) is 172 Å². The van der Waals surface area contributed by atoms with E-state index in [1.165, 1.54) is 61.5 Å². The largest absolute Gasteiger partial charge is 0.508 e. The fourth-order valence-corrected chi connectivity index (χ4v) is 14.9. The molecule has 0 bridgehead atoms. The second-order valence-corrected chi connectivity index (χ2v) is 29.5. The van der Waals surface area contributed by atoms with E-state index in [2.05, 4.69) is 58.2 Å². The Hall–Kier alpha value is -11.1. The number of hydrogen-bond acceptors (Lipinski definition) is 21. The molecule has 8 amide bonds. The molecule has 1 saturated heterocycles. The molecule has 0 saturated carbocycles. The number of rotatable bonds is 27. The topological polar surface area (TPSA) is 510 Å². The molecule has 21 N–H and O–H groups in total. The molecule has 0 radical (unpaired) electrons. The molecule has 582 valence electrons. The number of unbranched alkanes of at least 4 members (excludes halogenated alkanes) is 2. The van der Waals surface area contributed by atoms with Crippen LogP contribution in [0.3, 0.4) is 0 Å². The average molecular weight is 1570 g/mol. The standard InChI is InChI=1S/C76H87N13O18S3/c1-39(90)64-73(102)87-60(72(101)89-65(40(2)91)75(105)106)38-110-109-37-59(71(100)84-57(31-42-18-21-45(92)22-19-42)68(97)85-58(32-43-36-80-54-16-7-6-14-48(43)54)70(99)82-55(67(96)88-64)17-8-10-28-77)86-69(98)56(30-41-12-4-3-5-13-41)83-66(95)53(78)15-9-11-29-79-76(108)81-44-20-25-49(52(33-44)74(103)104)63-50-26-23-46(93)34-61(50)107-62-35-47(94)24-27-51(62)63/h3-7,12-14,16,18-27,33-36,39-40,53,55-60,64-65,80,90-93H,8-11,15,17,28-32,37-38,77-78H2,1-2H3,(H,82,99)(H,83,95)(H,84,100)(H,85,97)(H,86,98)(H,87,102)(H,88,96)(H,89,101)(H,103,104)(H,105,106)(H2,79,81,108)/t39-,40-,53+,55+,56-,57+,58-,59+,60+,64+,65+/m1/s1. The molecule has 34 heteroatoms. The van der Waals surface area contributed by atoms with Crippen LogP contribution in [-0.2, 0) is 62.4 Å². The second kappa shape index (κ2) is 39.3. The van der Waals surface area contributed by atoms with Crippen molar-refractivity contribution in [2.75, 3.05) is 29.9 Å². The monoisotopic (exact) mass is 1570 g/mol. The number of aliphatic hydroxyl groups is 2. The number of anilines is 1. The molecule has 9 rings (SSSR count). The van der Waals surface area contributed by atoms with Gasteiger partial charge in [-0.1, -0.05) is 88.3 Å². The predicted molar refractivity (Wildman–Crippen MR) is 417 cm³/mol. The molecule has 5 aromatic carbocycles. The molecular weight excluding hydrogens is 1480 g/mol. The number of aliphatic carboxylic acids is 1. The van der Waals surface area contributed by atoms with Crippen molar-refractivity contribution in [3.63, 3.8) is 0 Å². The number of aromatic hydroxyl groups is 2. The van der Waals surface area contributed by atoms with Crippen molar-refractivity contribution in [1.29, 1.82) is 0 Å². The van der Waals surface area contributed by atoms with Gasteiger partial charge in [-0.15, -0.1) is 0 Å². The third kappa shape index (κ3) is 22.7. The number of H-pyrrole nitrogens is 1. The molecule has 1 aliphatic carbocycles. The predicted octanol–water partition coefficient (Wildman–Crippen LogP) is 2.92. The molecule has 6 aromatic rings. The summed E-state index contributed by atoms with van der Waals surface area (Å²) in [6, 6.07) is 20.2. The van der Waals surface area contributed by atoms with E-state index in [9.17, 15) is 69.0 Å². The summed E-state index contributed by atoms with van der Waals surface area (Å²) in [5.41, 5.74) is 15.9. The Balaban J connectivity index is 0.953. The molecule has 3 heterocycles. The number of carbonyl (C=O) groups excluding carboxylic acids is 8. The highest BCUT2D eigenvalue weighted by molar-refractivity contribution is 8.76. The SMILES string of the molecule is C[C@@H](O)[C@H](NC(=O)[C@@H]1CSSC[C@H](NC(=O)[C@@H](Cc2ccccc2)NC(=O)[C@@H](N)CCCCNC(=S)Nc2ccc(-c3c4ccc(=O)cc-4oc4cc(O)ccc34)c(C(=O)O)c2)C(=O)N[C@@H](Cc2ccc(O)cc2)C(=O)N[C@H](Cc2c[nH]c3ccccc23)C(=O)N[C@@H](CCCCN)C(=O)N[C@@H]([C@@H](C)O)C(=O)N1)C(=O)O. The summed E-state index contributed by atoms with van der Waals surface area (Å²) >= 11 is 5.58. The lowest BCUT2D eigenvalue weighted by Crippen LogP contribution is -2.62. The Morgan fingerprint density at radius 3 is 2.04 bits per heavy atom. The van der Waals surface area contributed by atoms with Crippen LogP contribution in [0.2, 0.25) is 0 Å². The van der Waals surface area contributed by atoms with Crippen LogP contribution in [0.25, 0.3) is 44.3 Å². The lowest BCUT2D eigenvalue weighted by Gasteiger charge is -2.29. The Morgan fingerprint density at radius 2 is 1.33 bits per heavy atom. The number of carboxylic acids is 2. The molecule has 110 heavy (non-hydrogen) atoms. The van der Waals surface area contributed by atoms with Gasteiger partial charge in [-0.3, -0.25) is 43.2 Å². The van der Waals surface area contributed by atoms with E-state index in [0.717, 1.165) is 28.5 Å². The Kier molecular flexibility index (Phi) is 29.6. The molecule has 31 nitrogen and oxygen atoms in total. The third-order valence-corrected chi connectivity index (χ3v) is 20.9. The molecule has 2 aliphatic heterocycles. The number of aromatic nitrogens is 1. The average Bonchev–Trinajstić information content (AvgIpc) is 0.893. The number of hydrogen-bond donors (Lipinski definition) is 19. The van der Waals surface area contributed by atoms with Gasteiger partial charge in [-0.05, 0) is 148 Å².